The molecule has 1 aromatic carbocycles. The summed E-state index contributed by atoms with van der Waals surface area (Å²) in [4.78, 5) is 11.9. The van der Waals surface area contributed by atoms with Crippen molar-refractivity contribution in [3.8, 4) is 5.75 Å². The number of hydrogen-bond acceptors (Lipinski definition) is 4. The van der Waals surface area contributed by atoms with E-state index in [-0.39, 0.29) is 17.4 Å². The standard InChI is InChI=1S/C11H11NO4S/c1-7-2-3-9-8(4-7)12-10(13)11(16-9)5-17(14,15)6-11/h2-4H,5-6H2,1H3,(H,12,13). The van der Waals surface area contributed by atoms with Crippen molar-refractivity contribution in [2.24, 2.45) is 0 Å². The molecule has 0 radical (unpaired) electrons. The first-order chi connectivity index (χ1) is 7.90. The number of benzene rings is 1. The fourth-order valence-electron chi connectivity index (χ4n) is 2.18. The molecule has 90 valence electrons. The maximum Gasteiger partial charge on any atom is 0.270 e. The zero-order chi connectivity index (χ0) is 12.3. The summed E-state index contributed by atoms with van der Waals surface area (Å²) in [6.45, 7) is 1.91. The Labute approximate surface area is 98.7 Å². The third-order valence-corrected chi connectivity index (χ3v) is 4.82. The van der Waals surface area contributed by atoms with Crippen molar-refractivity contribution in [2.75, 3.05) is 16.8 Å². The number of fused-ring (bicyclic) bond motifs is 1. The van der Waals surface area contributed by atoms with Gasteiger partial charge in [0.25, 0.3) is 5.91 Å². The van der Waals surface area contributed by atoms with Crippen molar-refractivity contribution in [1.82, 2.24) is 0 Å². The molecule has 0 atom stereocenters. The molecule has 6 heteroatoms. The fourth-order valence-corrected chi connectivity index (χ4v) is 3.90. The molecule has 1 amide bonds. The first-order valence-electron chi connectivity index (χ1n) is 5.22. The van der Waals surface area contributed by atoms with Crippen molar-refractivity contribution in [3.63, 3.8) is 0 Å². The molecule has 2 heterocycles. The fraction of sp³-hybridized carbons (Fsp3) is 0.364. The van der Waals surface area contributed by atoms with Crippen molar-refractivity contribution >= 4 is 21.4 Å². The van der Waals surface area contributed by atoms with Gasteiger partial charge in [0.2, 0.25) is 5.60 Å². The molecule has 1 spiro atoms. The molecule has 1 aromatic rings. The normalized spacial score (nSPS) is 23.2. The Morgan fingerprint density at radius 1 is 1.35 bits per heavy atom. The Morgan fingerprint density at radius 3 is 2.71 bits per heavy atom. The van der Waals surface area contributed by atoms with Gasteiger partial charge < -0.3 is 10.1 Å². The number of hydrogen-bond donors (Lipinski definition) is 1. The van der Waals surface area contributed by atoms with Crippen LogP contribution in [0.5, 0.6) is 5.75 Å². The maximum atomic E-state index is 11.9. The molecule has 0 aromatic heterocycles. The maximum absolute atomic E-state index is 11.9. The molecular formula is C11H11NO4S. The van der Waals surface area contributed by atoms with E-state index in [0.29, 0.717) is 11.4 Å². The minimum atomic E-state index is -3.12. The Morgan fingerprint density at radius 2 is 2.06 bits per heavy atom. The van der Waals surface area contributed by atoms with Gasteiger partial charge in [-0.05, 0) is 24.6 Å². The summed E-state index contributed by atoms with van der Waals surface area (Å²) in [5.41, 5.74) is 0.399. The van der Waals surface area contributed by atoms with Crippen molar-refractivity contribution < 1.29 is 17.9 Å². The Hall–Kier alpha value is -1.56. The largest absolute Gasteiger partial charge is 0.473 e. The summed E-state index contributed by atoms with van der Waals surface area (Å²) in [5, 5.41) is 2.70. The highest BCUT2D eigenvalue weighted by atomic mass is 32.2. The molecule has 0 saturated carbocycles. The lowest BCUT2D eigenvalue weighted by atomic mass is 10.0. The number of nitrogens with one attached hydrogen (secondary N) is 1. The van der Waals surface area contributed by atoms with Crippen LogP contribution in [0.4, 0.5) is 5.69 Å². The number of carbonyl (C=O) groups excluding carboxylic acids is 1. The summed E-state index contributed by atoms with van der Waals surface area (Å²) in [5.74, 6) is -0.311. The zero-order valence-corrected chi connectivity index (χ0v) is 10.0. The highest BCUT2D eigenvalue weighted by Gasteiger charge is 2.58. The molecule has 5 nitrogen and oxygen atoms in total. The van der Waals surface area contributed by atoms with Crippen LogP contribution in [-0.2, 0) is 14.6 Å². The minimum absolute atomic E-state index is 0.237. The lowest BCUT2D eigenvalue weighted by Crippen LogP contribution is -2.67. The summed E-state index contributed by atoms with van der Waals surface area (Å²) >= 11 is 0. The van der Waals surface area contributed by atoms with Crippen molar-refractivity contribution in [3.05, 3.63) is 23.8 Å². The van der Waals surface area contributed by atoms with Crippen LogP contribution in [0.1, 0.15) is 5.56 Å². The van der Waals surface area contributed by atoms with Gasteiger partial charge in [-0.15, -0.1) is 0 Å². The van der Waals surface area contributed by atoms with Crippen LogP contribution in [0.3, 0.4) is 0 Å². The van der Waals surface area contributed by atoms with Gasteiger partial charge in [-0.1, -0.05) is 6.07 Å². The van der Waals surface area contributed by atoms with Gasteiger partial charge in [0.1, 0.15) is 17.3 Å². The lowest BCUT2D eigenvalue weighted by molar-refractivity contribution is -0.130. The predicted molar refractivity (Wildman–Crippen MR) is 61.8 cm³/mol. The highest BCUT2D eigenvalue weighted by Crippen LogP contribution is 2.39. The molecular weight excluding hydrogens is 242 g/mol. The molecule has 1 N–H and O–H groups in total. The molecule has 17 heavy (non-hydrogen) atoms. The number of ether oxygens (including phenoxy) is 1. The van der Waals surface area contributed by atoms with E-state index in [4.69, 9.17) is 4.74 Å². The van der Waals surface area contributed by atoms with E-state index < -0.39 is 15.4 Å². The van der Waals surface area contributed by atoms with Gasteiger partial charge in [-0.3, -0.25) is 4.79 Å². The zero-order valence-electron chi connectivity index (χ0n) is 9.19. The van der Waals surface area contributed by atoms with Gasteiger partial charge in [-0.25, -0.2) is 8.42 Å². The number of rotatable bonds is 0. The van der Waals surface area contributed by atoms with Gasteiger partial charge in [0, 0.05) is 0 Å². The summed E-state index contributed by atoms with van der Waals surface area (Å²) in [6.07, 6.45) is 0. The van der Waals surface area contributed by atoms with E-state index >= 15 is 0 Å². The minimum Gasteiger partial charge on any atom is -0.473 e. The molecule has 0 unspecified atom stereocenters. The Kier molecular flexibility index (Phi) is 1.87. The number of aryl methyl sites for hydroxylation is 1. The van der Waals surface area contributed by atoms with Crippen LogP contribution < -0.4 is 10.1 Å². The van der Waals surface area contributed by atoms with Gasteiger partial charge in [-0.2, -0.15) is 0 Å². The molecule has 3 rings (SSSR count). The van der Waals surface area contributed by atoms with E-state index in [0.717, 1.165) is 5.56 Å². The lowest BCUT2D eigenvalue weighted by Gasteiger charge is -2.42. The van der Waals surface area contributed by atoms with E-state index in [9.17, 15) is 13.2 Å². The van der Waals surface area contributed by atoms with Crippen LogP contribution in [0, 0.1) is 6.92 Å². The van der Waals surface area contributed by atoms with Crippen molar-refractivity contribution in [2.45, 2.75) is 12.5 Å². The first kappa shape index (κ1) is 10.6. The SMILES string of the molecule is Cc1ccc2c(c1)NC(=O)C1(CS(=O)(=O)C1)O2. The second-order valence-electron chi connectivity index (χ2n) is 4.58. The van der Waals surface area contributed by atoms with Gasteiger partial charge >= 0.3 is 0 Å². The van der Waals surface area contributed by atoms with E-state index in [2.05, 4.69) is 5.32 Å². The average Bonchev–Trinajstić information content (AvgIpc) is 2.17. The quantitative estimate of drug-likeness (QED) is 0.730. The number of sulfone groups is 1. The molecule has 1 saturated heterocycles. The van der Waals surface area contributed by atoms with E-state index in [1.165, 1.54) is 0 Å². The first-order valence-corrected chi connectivity index (χ1v) is 7.04. The highest BCUT2D eigenvalue weighted by molar-refractivity contribution is 7.93. The van der Waals surface area contributed by atoms with Gasteiger partial charge in [0.15, 0.2) is 9.84 Å². The molecule has 2 aliphatic heterocycles. The topological polar surface area (TPSA) is 72.5 Å². The van der Waals surface area contributed by atoms with Gasteiger partial charge in [0.05, 0.1) is 5.69 Å². The third kappa shape index (κ3) is 1.51. The Balaban J connectivity index is 2.00. The molecule has 0 aliphatic carbocycles. The second kappa shape index (κ2) is 3.01. The molecule has 2 aliphatic rings. The third-order valence-electron chi connectivity index (χ3n) is 3.01. The average molecular weight is 253 g/mol. The van der Waals surface area contributed by atoms with Crippen molar-refractivity contribution in [1.29, 1.82) is 0 Å². The molecule has 1 fully saturated rings. The second-order valence-corrected chi connectivity index (χ2v) is 6.65. The van der Waals surface area contributed by atoms with E-state index in [1.54, 1.807) is 12.1 Å². The smallest absolute Gasteiger partial charge is 0.270 e. The van der Waals surface area contributed by atoms with Crippen LogP contribution in [0.25, 0.3) is 0 Å². The van der Waals surface area contributed by atoms with Crippen LogP contribution in [0.2, 0.25) is 0 Å². The van der Waals surface area contributed by atoms with Crippen LogP contribution >= 0.6 is 0 Å². The number of carbonyl (C=O) groups is 1. The summed E-state index contributed by atoms with van der Waals surface area (Å²) < 4.78 is 28.0. The summed E-state index contributed by atoms with van der Waals surface area (Å²) in [6, 6.07) is 5.40. The van der Waals surface area contributed by atoms with Crippen LogP contribution in [0.15, 0.2) is 18.2 Å². The molecule has 0 bridgehead atoms. The number of anilines is 1. The Bertz CT molecular complexity index is 608. The number of amides is 1. The van der Waals surface area contributed by atoms with Crippen LogP contribution in [-0.4, -0.2) is 31.4 Å². The van der Waals surface area contributed by atoms with E-state index in [1.807, 2.05) is 13.0 Å². The predicted octanol–water partition coefficient (Wildman–Crippen LogP) is 0.493. The monoisotopic (exact) mass is 253 g/mol. The summed E-state index contributed by atoms with van der Waals surface area (Å²) in [7, 11) is -3.12.